The van der Waals surface area contributed by atoms with Gasteiger partial charge in [0.15, 0.2) is 5.54 Å². The summed E-state index contributed by atoms with van der Waals surface area (Å²) in [5, 5.41) is 9.47. The van der Waals surface area contributed by atoms with Gasteiger partial charge in [0.1, 0.15) is 5.60 Å². The molecule has 6 heteroatoms. The van der Waals surface area contributed by atoms with Crippen molar-refractivity contribution >= 4 is 18.0 Å². The van der Waals surface area contributed by atoms with Crippen molar-refractivity contribution in [2.24, 2.45) is 5.92 Å². The number of imide groups is 1. The van der Waals surface area contributed by atoms with Gasteiger partial charge in [0.2, 0.25) is 5.91 Å². The van der Waals surface area contributed by atoms with Crippen LogP contribution in [-0.2, 0) is 14.3 Å². The van der Waals surface area contributed by atoms with Gasteiger partial charge in [0, 0.05) is 6.42 Å². The Bertz CT molecular complexity index is 410. The van der Waals surface area contributed by atoms with Crippen molar-refractivity contribution in [3.05, 3.63) is 0 Å². The first kappa shape index (κ1) is 15.5. The zero-order valence-electron chi connectivity index (χ0n) is 12.0. The Morgan fingerprint density at radius 1 is 1.37 bits per heavy atom. The van der Waals surface area contributed by atoms with E-state index in [0.717, 1.165) is 4.90 Å². The second-order valence-electron chi connectivity index (χ2n) is 6.09. The van der Waals surface area contributed by atoms with E-state index in [9.17, 15) is 19.5 Å². The molecule has 0 aromatic heterocycles. The third kappa shape index (κ3) is 2.72. The summed E-state index contributed by atoms with van der Waals surface area (Å²) in [6.07, 6.45) is -0.715. The maximum atomic E-state index is 12.1. The number of carbonyl (C=O) groups excluding carboxylic acids is 2. The van der Waals surface area contributed by atoms with Crippen LogP contribution in [0.4, 0.5) is 4.79 Å². The molecule has 0 bridgehead atoms. The van der Waals surface area contributed by atoms with Crippen LogP contribution < -0.4 is 0 Å². The summed E-state index contributed by atoms with van der Waals surface area (Å²) in [6, 6.07) is 0. The zero-order valence-corrected chi connectivity index (χ0v) is 12.0. The fourth-order valence-corrected chi connectivity index (χ4v) is 2.31. The lowest BCUT2D eigenvalue weighted by molar-refractivity contribution is -0.156. The van der Waals surface area contributed by atoms with Gasteiger partial charge in [-0.25, -0.2) is 14.5 Å². The van der Waals surface area contributed by atoms with E-state index in [1.165, 1.54) is 0 Å². The topological polar surface area (TPSA) is 83.9 Å². The standard InChI is InChI=1S/C13H21NO5/c1-8(2)13(10(16)17)7-6-9(15)14(13)11(18)19-12(3,4)5/h8H,6-7H2,1-5H3,(H,16,17)/t13-/m0/s1. The molecule has 6 nitrogen and oxygen atoms in total. The molecular formula is C13H21NO5. The first-order valence-electron chi connectivity index (χ1n) is 6.32. The van der Waals surface area contributed by atoms with Gasteiger partial charge >= 0.3 is 12.1 Å². The monoisotopic (exact) mass is 271 g/mol. The average molecular weight is 271 g/mol. The smallest absolute Gasteiger partial charge is 0.418 e. The highest BCUT2D eigenvalue weighted by Gasteiger charge is 2.57. The van der Waals surface area contributed by atoms with Gasteiger partial charge in [-0.3, -0.25) is 4.79 Å². The quantitative estimate of drug-likeness (QED) is 0.830. The number of hydrogen-bond acceptors (Lipinski definition) is 4. The number of carboxylic acid groups (broad SMARTS) is 1. The normalized spacial score (nSPS) is 23.9. The molecule has 1 aliphatic rings. The van der Waals surface area contributed by atoms with Crippen LogP contribution in [0.2, 0.25) is 0 Å². The third-order valence-corrected chi connectivity index (χ3v) is 3.27. The number of rotatable bonds is 2. The van der Waals surface area contributed by atoms with Gasteiger partial charge < -0.3 is 9.84 Å². The molecule has 1 fully saturated rings. The number of carboxylic acids is 1. The van der Waals surface area contributed by atoms with E-state index in [4.69, 9.17) is 4.74 Å². The van der Waals surface area contributed by atoms with Crippen LogP contribution in [0, 0.1) is 5.92 Å². The highest BCUT2D eigenvalue weighted by atomic mass is 16.6. The maximum absolute atomic E-state index is 12.1. The summed E-state index contributed by atoms with van der Waals surface area (Å²) in [7, 11) is 0. The Balaban J connectivity index is 3.16. The molecule has 0 radical (unpaired) electrons. The van der Waals surface area contributed by atoms with Crippen molar-refractivity contribution in [2.75, 3.05) is 0 Å². The molecule has 1 saturated heterocycles. The summed E-state index contributed by atoms with van der Waals surface area (Å²) in [5.41, 5.74) is -2.28. The van der Waals surface area contributed by atoms with E-state index >= 15 is 0 Å². The van der Waals surface area contributed by atoms with Crippen LogP contribution >= 0.6 is 0 Å². The van der Waals surface area contributed by atoms with Gasteiger partial charge in [-0.05, 0) is 33.1 Å². The van der Waals surface area contributed by atoms with Crippen LogP contribution in [0.1, 0.15) is 47.5 Å². The maximum Gasteiger partial charge on any atom is 0.418 e. The molecule has 2 amide bonds. The Morgan fingerprint density at radius 3 is 2.26 bits per heavy atom. The molecule has 1 atom stereocenters. The van der Waals surface area contributed by atoms with Crippen molar-refractivity contribution in [3.8, 4) is 0 Å². The SMILES string of the molecule is CC(C)[C@]1(C(=O)O)CCC(=O)N1C(=O)OC(C)(C)C. The number of aliphatic carboxylic acids is 1. The van der Waals surface area contributed by atoms with Crippen molar-refractivity contribution < 1.29 is 24.2 Å². The number of ether oxygens (including phenoxy) is 1. The number of nitrogens with zero attached hydrogens (tertiary/aromatic N) is 1. The molecule has 19 heavy (non-hydrogen) atoms. The number of carbonyl (C=O) groups is 3. The van der Waals surface area contributed by atoms with Crippen molar-refractivity contribution in [2.45, 2.75) is 58.6 Å². The van der Waals surface area contributed by atoms with E-state index in [0.29, 0.717) is 0 Å². The predicted molar refractivity (Wildman–Crippen MR) is 67.5 cm³/mol. The van der Waals surface area contributed by atoms with Crippen molar-refractivity contribution in [3.63, 3.8) is 0 Å². The summed E-state index contributed by atoms with van der Waals surface area (Å²) in [6.45, 7) is 8.38. The number of hydrogen-bond donors (Lipinski definition) is 1. The van der Waals surface area contributed by atoms with Gasteiger partial charge in [-0.2, -0.15) is 0 Å². The van der Waals surface area contributed by atoms with Crippen LogP contribution in [0.15, 0.2) is 0 Å². The molecule has 0 unspecified atom stereocenters. The van der Waals surface area contributed by atoms with Crippen molar-refractivity contribution in [1.82, 2.24) is 4.90 Å². The van der Waals surface area contributed by atoms with Crippen LogP contribution in [0.5, 0.6) is 0 Å². The minimum absolute atomic E-state index is 0.0454. The Morgan fingerprint density at radius 2 is 1.89 bits per heavy atom. The fourth-order valence-electron chi connectivity index (χ4n) is 2.31. The number of amides is 2. The van der Waals surface area contributed by atoms with E-state index in [-0.39, 0.29) is 18.8 Å². The van der Waals surface area contributed by atoms with Gasteiger partial charge in [-0.1, -0.05) is 13.8 Å². The zero-order chi connectivity index (χ0) is 15.0. The molecule has 0 spiro atoms. The number of likely N-dealkylation sites (tertiary alicyclic amines) is 1. The molecule has 0 saturated carbocycles. The Labute approximate surface area is 112 Å². The van der Waals surface area contributed by atoms with Crippen LogP contribution in [-0.4, -0.2) is 39.1 Å². The largest absolute Gasteiger partial charge is 0.479 e. The average Bonchev–Trinajstić information content (AvgIpc) is 2.54. The molecule has 0 aromatic carbocycles. The summed E-state index contributed by atoms with van der Waals surface area (Å²) < 4.78 is 5.15. The highest BCUT2D eigenvalue weighted by molar-refractivity contribution is 6.01. The molecule has 1 rings (SSSR count). The van der Waals surface area contributed by atoms with Gasteiger partial charge in [0.05, 0.1) is 0 Å². The van der Waals surface area contributed by atoms with Crippen LogP contribution in [0.3, 0.4) is 0 Å². The lowest BCUT2D eigenvalue weighted by atomic mass is 9.84. The van der Waals surface area contributed by atoms with E-state index in [1.807, 2.05) is 0 Å². The van der Waals surface area contributed by atoms with Crippen molar-refractivity contribution in [1.29, 1.82) is 0 Å². The van der Waals surface area contributed by atoms with Crippen LogP contribution in [0.25, 0.3) is 0 Å². The lowest BCUT2D eigenvalue weighted by Gasteiger charge is -2.37. The summed E-state index contributed by atoms with van der Waals surface area (Å²) in [4.78, 5) is 36.4. The first-order chi connectivity index (χ1) is 8.52. The molecule has 0 aromatic rings. The summed E-state index contributed by atoms with van der Waals surface area (Å²) >= 11 is 0. The minimum Gasteiger partial charge on any atom is -0.479 e. The molecular weight excluding hydrogens is 250 g/mol. The second-order valence-corrected chi connectivity index (χ2v) is 6.09. The molecule has 0 aliphatic carbocycles. The molecule has 108 valence electrons. The van der Waals surface area contributed by atoms with Gasteiger partial charge in [0.25, 0.3) is 0 Å². The highest BCUT2D eigenvalue weighted by Crippen LogP contribution is 2.38. The minimum atomic E-state index is -1.50. The van der Waals surface area contributed by atoms with E-state index in [1.54, 1.807) is 34.6 Å². The van der Waals surface area contributed by atoms with E-state index < -0.39 is 29.1 Å². The van der Waals surface area contributed by atoms with Gasteiger partial charge in [-0.15, -0.1) is 0 Å². The molecule has 1 aliphatic heterocycles. The Kier molecular flexibility index (Phi) is 3.93. The second kappa shape index (κ2) is 4.83. The van der Waals surface area contributed by atoms with E-state index in [2.05, 4.69) is 0 Å². The Hall–Kier alpha value is -1.59. The lowest BCUT2D eigenvalue weighted by Crippen LogP contribution is -2.58. The summed E-state index contributed by atoms with van der Waals surface area (Å²) in [5.74, 6) is -2.05. The third-order valence-electron chi connectivity index (χ3n) is 3.27. The fraction of sp³-hybridized carbons (Fsp3) is 0.769. The molecule has 1 N–H and O–H groups in total. The first-order valence-corrected chi connectivity index (χ1v) is 6.32. The predicted octanol–water partition coefficient (Wildman–Crippen LogP) is 2.02. The molecule has 1 heterocycles.